The van der Waals surface area contributed by atoms with Crippen LogP contribution in [0.25, 0.3) is 0 Å². The molecule has 1 heterocycles. The highest BCUT2D eigenvalue weighted by molar-refractivity contribution is 7.10. The molecule has 4 atom stereocenters. The number of hydrogen-bond donors (Lipinski definition) is 1. The van der Waals surface area contributed by atoms with E-state index < -0.39 is 0 Å². The number of thiophene rings is 1. The maximum Gasteiger partial charge on any atom is 0.0386 e. The fraction of sp³-hybridized carbons (Fsp3) is 0.714. The summed E-state index contributed by atoms with van der Waals surface area (Å²) >= 11 is 1.87. The van der Waals surface area contributed by atoms with Crippen LogP contribution in [0.3, 0.4) is 0 Å². The highest BCUT2D eigenvalue weighted by Gasteiger charge is 2.39. The third-order valence-electron chi connectivity index (χ3n) is 4.54. The van der Waals surface area contributed by atoms with Gasteiger partial charge in [-0.2, -0.15) is 0 Å². The Balaban J connectivity index is 1.50. The molecule has 2 aliphatic rings. The summed E-state index contributed by atoms with van der Waals surface area (Å²) in [6.07, 6.45) is 6.04. The molecule has 3 rings (SSSR count). The molecule has 0 spiro atoms. The van der Waals surface area contributed by atoms with Crippen LogP contribution in [-0.4, -0.2) is 6.54 Å². The Hall–Kier alpha value is -0.340. The maximum atomic E-state index is 3.72. The molecular formula is C14H21NS. The van der Waals surface area contributed by atoms with E-state index in [-0.39, 0.29) is 0 Å². The van der Waals surface area contributed by atoms with E-state index in [2.05, 4.69) is 29.8 Å². The van der Waals surface area contributed by atoms with E-state index in [0.717, 1.165) is 17.8 Å². The molecule has 2 aliphatic carbocycles. The predicted octanol–water partition coefficient (Wildman–Crippen LogP) is 3.83. The van der Waals surface area contributed by atoms with Gasteiger partial charge in [0.25, 0.3) is 0 Å². The summed E-state index contributed by atoms with van der Waals surface area (Å²) in [7, 11) is 0. The second-order valence-electron chi connectivity index (χ2n) is 5.58. The molecule has 2 bridgehead atoms. The van der Waals surface area contributed by atoms with Crippen LogP contribution in [-0.2, 0) is 0 Å². The van der Waals surface area contributed by atoms with E-state index in [1.807, 2.05) is 11.3 Å². The Labute approximate surface area is 102 Å². The molecule has 2 heteroatoms. The van der Waals surface area contributed by atoms with E-state index in [1.165, 1.54) is 37.1 Å². The predicted molar refractivity (Wildman–Crippen MR) is 69.7 cm³/mol. The van der Waals surface area contributed by atoms with Gasteiger partial charge in [0.05, 0.1) is 0 Å². The van der Waals surface area contributed by atoms with Gasteiger partial charge in [-0.05, 0) is 61.9 Å². The molecule has 0 saturated heterocycles. The van der Waals surface area contributed by atoms with Gasteiger partial charge in [-0.3, -0.25) is 0 Å². The second kappa shape index (κ2) is 4.50. The lowest BCUT2D eigenvalue weighted by molar-refractivity contribution is 0.310. The van der Waals surface area contributed by atoms with Crippen LogP contribution in [0.2, 0.25) is 0 Å². The van der Waals surface area contributed by atoms with E-state index in [4.69, 9.17) is 0 Å². The third-order valence-corrected chi connectivity index (χ3v) is 5.60. The largest absolute Gasteiger partial charge is 0.309 e. The first-order valence-corrected chi connectivity index (χ1v) is 7.47. The number of fused-ring (bicyclic) bond motifs is 2. The molecule has 3 unspecified atom stereocenters. The number of rotatable bonds is 4. The molecule has 0 radical (unpaired) electrons. The molecule has 1 nitrogen and oxygen atoms in total. The Morgan fingerprint density at radius 3 is 3.00 bits per heavy atom. The standard InChI is InChI=1S/C14H21NS/c1-10(14-3-2-6-16-14)15-9-13-8-11-4-5-12(13)7-11/h2-3,6,10-13,15H,4-5,7-9H2,1H3/t10-,11?,12?,13?/m0/s1. The fourth-order valence-corrected chi connectivity index (χ4v) is 4.35. The minimum absolute atomic E-state index is 0.541. The molecule has 1 aromatic heterocycles. The molecule has 16 heavy (non-hydrogen) atoms. The van der Waals surface area contributed by atoms with Crippen molar-refractivity contribution in [2.75, 3.05) is 6.54 Å². The van der Waals surface area contributed by atoms with Crippen molar-refractivity contribution in [1.82, 2.24) is 5.32 Å². The lowest BCUT2D eigenvalue weighted by Crippen LogP contribution is -2.28. The minimum Gasteiger partial charge on any atom is -0.309 e. The van der Waals surface area contributed by atoms with Crippen molar-refractivity contribution in [3.63, 3.8) is 0 Å². The molecule has 1 N–H and O–H groups in total. The Morgan fingerprint density at radius 2 is 2.38 bits per heavy atom. The van der Waals surface area contributed by atoms with Crippen molar-refractivity contribution in [2.45, 2.75) is 38.6 Å². The van der Waals surface area contributed by atoms with Crippen molar-refractivity contribution in [1.29, 1.82) is 0 Å². The topological polar surface area (TPSA) is 12.0 Å². The fourth-order valence-electron chi connectivity index (χ4n) is 3.59. The second-order valence-corrected chi connectivity index (χ2v) is 6.56. The van der Waals surface area contributed by atoms with Gasteiger partial charge in [0.2, 0.25) is 0 Å². The Bertz CT molecular complexity index is 333. The first-order valence-electron chi connectivity index (χ1n) is 6.59. The molecule has 0 aliphatic heterocycles. The molecule has 1 aromatic rings. The average Bonchev–Trinajstić information content (AvgIpc) is 3.01. The quantitative estimate of drug-likeness (QED) is 0.836. The normalized spacial score (nSPS) is 34.4. The summed E-state index contributed by atoms with van der Waals surface area (Å²) in [6.45, 7) is 3.53. The zero-order valence-corrected chi connectivity index (χ0v) is 10.8. The van der Waals surface area contributed by atoms with E-state index >= 15 is 0 Å². The summed E-state index contributed by atoms with van der Waals surface area (Å²) in [5, 5.41) is 5.89. The monoisotopic (exact) mass is 235 g/mol. The lowest BCUT2D eigenvalue weighted by Gasteiger charge is -2.23. The van der Waals surface area contributed by atoms with Crippen LogP contribution in [0.15, 0.2) is 17.5 Å². The van der Waals surface area contributed by atoms with Crippen molar-refractivity contribution in [3.8, 4) is 0 Å². The molecule has 2 fully saturated rings. The van der Waals surface area contributed by atoms with Crippen LogP contribution in [0, 0.1) is 17.8 Å². The van der Waals surface area contributed by atoms with Gasteiger partial charge >= 0.3 is 0 Å². The zero-order chi connectivity index (χ0) is 11.0. The van der Waals surface area contributed by atoms with Gasteiger partial charge in [0.1, 0.15) is 0 Å². The van der Waals surface area contributed by atoms with Crippen molar-refractivity contribution in [2.24, 2.45) is 17.8 Å². The SMILES string of the molecule is C[C@H](NCC1CC2CCC1C2)c1cccs1. The van der Waals surface area contributed by atoms with Crippen LogP contribution in [0.5, 0.6) is 0 Å². The highest BCUT2D eigenvalue weighted by Crippen LogP contribution is 2.48. The smallest absolute Gasteiger partial charge is 0.0386 e. The van der Waals surface area contributed by atoms with Gasteiger partial charge in [-0.15, -0.1) is 11.3 Å². The summed E-state index contributed by atoms with van der Waals surface area (Å²) < 4.78 is 0. The van der Waals surface area contributed by atoms with Gasteiger partial charge in [0.15, 0.2) is 0 Å². The summed E-state index contributed by atoms with van der Waals surface area (Å²) in [5.41, 5.74) is 0. The highest BCUT2D eigenvalue weighted by atomic mass is 32.1. The number of hydrogen-bond acceptors (Lipinski definition) is 2. The van der Waals surface area contributed by atoms with Crippen LogP contribution < -0.4 is 5.32 Å². The molecular weight excluding hydrogens is 214 g/mol. The van der Waals surface area contributed by atoms with Crippen LogP contribution in [0.4, 0.5) is 0 Å². The van der Waals surface area contributed by atoms with E-state index in [0.29, 0.717) is 6.04 Å². The Morgan fingerprint density at radius 1 is 1.44 bits per heavy atom. The average molecular weight is 235 g/mol. The molecule has 0 aromatic carbocycles. The van der Waals surface area contributed by atoms with Crippen LogP contribution in [0.1, 0.15) is 43.5 Å². The zero-order valence-electron chi connectivity index (χ0n) is 9.99. The summed E-state index contributed by atoms with van der Waals surface area (Å²) in [6, 6.07) is 4.93. The van der Waals surface area contributed by atoms with Gasteiger partial charge < -0.3 is 5.32 Å². The van der Waals surface area contributed by atoms with Gasteiger partial charge in [-0.1, -0.05) is 12.5 Å². The maximum absolute atomic E-state index is 3.72. The number of nitrogens with one attached hydrogen (secondary N) is 1. The van der Waals surface area contributed by atoms with E-state index in [1.54, 1.807) is 0 Å². The van der Waals surface area contributed by atoms with E-state index in [9.17, 15) is 0 Å². The van der Waals surface area contributed by atoms with Gasteiger partial charge in [-0.25, -0.2) is 0 Å². The lowest BCUT2D eigenvalue weighted by atomic mass is 9.89. The summed E-state index contributed by atoms with van der Waals surface area (Å²) in [5.74, 6) is 3.10. The summed E-state index contributed by atoms with van der Waals surface area (Å²) in [4.78, 5) is 1.48. The minimum atomic E-state index is 0.541. The van der Waals surface area contributed by atoms with Crippen LogP contribution >= 0.6 is 11.3 Å². The molecule has 88 valence electrons. The Kier molecular flexibility index (Phi) is 3.03. The molecule has 2 saturated carbocycles. The third kappa shape index (κ3) is 2.05. The van der Waals surface area contributed by atoms with Crippen molar-refractivity contribution in [3.05, 3.63) is 22.4 Å². The molecule has 0 amide bonds. The first kappa shape index (κ1) is 10.8. The van der Waals surface area contributed by atoms with Crippen molar-refractivity contribution < 1.29 is 0 Å². The van der Waals surface area contributed by atoms with Gasteiger partial charge in [0, 0.05) is 10.9 Å². The van der Waals surface area contributed by atoms with Crippen molar-refractivity contribution >= 4 is 11.3 Å². The first-order chi connectivity index (χ1) is 7.83.